The molecule has 1 aromatic heterocycles. The van der Waals surface area contributed by atoms with Crippen molar-refractivity contribution in [2.75, 3.05) is 5.73 Å². The lowest BCUT2D eigenvalue weighted by molar-refractivity contribution is -0.137. The number of nitrogens with two attached hydrogens (primary N) is 1. The van der Waals surface area contributed by atoms with Gasteiger partial charge in [0.1, 0.15) is 0 Å². The summed E-state index contributed by atoms with van der Waals surface area (Å²) in [6, 6.07) is 3.74. The summed E-state index contributed by atoms with van der Waals surface area (Å²) >= 11 is 17.7. The van der Waals surface area contributed by atoms with Gasteiger partial charge in [0, 0.05) is 11.8 Å². The Kier molecular flexibility index (Phi) is 4.04. The van der Waals surface area contributed by atoms with Crippen molar-refractivity contribution in [2.24, 2.45) is 0 Å². The largest absolute Gasteiger partial charge is 0.417 e. The number of nitrogens with zero attached hydrogens (tertiary/aromatic N) is 1. The van der Waals surface area contributed by atoms with E-state index in [2.05, 4.69) is 4.98 Å². The molecule has 0 spiro atoms. The van der Waals surface area contributed by atoms with Gasteiger partial charge in [0.05, 0.1) is 32.0 Å². The number of hydrogen-bond donors (Lipinski definition) is 1. The highest BCUT2D eigenvalue weighted by molar-refractivity contribution is 6.49. The molecule has 0 bridgehead atoms. The molecule has 0 saturated heterocycles. The highest BCUT2D eigenvalue weighted by Gasteiger charge is 2.31. The van der Waals surface area contributed by atoms with Crippen LogP contribution in [0.2, 0.25) is 15.1 Å². The number of anilines is 1. The molecular formula is C12H6Cl3F3N2. The van der Waals surface area contributed by atoms with Crippen molar-refractivity contribution in [1.82, 2.24) is 4.98 Å². The van der Waals surface area contributed by atoms with E-state index in [4.69, 9.17) is 40.5 Å². The van der Waals surface area contributed by atoms with Crippen LogP contribution in [0.5, 0.6) is 0 Å². The number of benzene rings is 1. The number of alkyl halides is 3. The predicted octanol–water partition coefficient (Wildman–Crippen LogP) is 5.31. The molecule has 2 rings (SSSR count). The second-order valence-corrected chi connectivity index (χ2v) is 5.05. The molecule has 1 heterocycles. The van der Waals surface area contributed by atoms with Crippen molar-refractivity contribution in [1.29, 1.82) is 0 Å². The first-order chi connectivity index (χ1) is 9.21. The Morgan fingerprint density at radius 2 is 1.70 bits per heavy atom. The molecule has 0 unspecified atom stereocenters. The van der Waals surface area contributed by atoms with Crippen LogP contribution in [-0.4, -0.2) is 4.98 Å². The average molecular weight is 342 g/mol. The summed E-state index contributed by atoms with van der Waals surface area (Å²) in [5, 5.41) is 0.399. The highest BCUT2D eigenvalue weighted by Crippen LogP contribution is 2.40. The Labute approximate surface area is 127 Å². The lowest BCUT2D eigenvalue weighted by Crippen LogP contribution is -2.07. The summed E-state index contributed by atoms with van der Waals surface area (Å²) in [6.45, 7) is 0. The SMILES string of the molecule is Nc1cc(C(F)(F)F)cnc1-c1ccc(Cl)c(Cl)c1Cl. The Hall–Kier alpha value is -1.17. The summed E-state index contributed by atoms with van der Waals surface area (Å²) in [7, 11) is 0. The smallest absolute Gasteiger partial charge is 0.397 e. The number of halogens is 6. The number of hydrogen-bond acceptors (Lipinski definition) is 2. The lowest BCUT2D eigenvalue weighted by Gasteiger charge is -2.12. The normalized spacial score (nSPS) is 11.7. The Morgan fingerprint density at radius 1 is 1.05 bits per heavy atom. The van der Waals surface area contributed by atoms with E-state index in [9.17, 15) is 13.2 Å². The van der Waals surface area contributed by atoms with Gasteiger partial charge in [0.15, 0.2) is 0 Å². The minimum Gasteiger partial charge on any atom is -0.397 e. The lowest BCUT2D eigenvalue weighted by atomic mass is 10.1. The van der Waals surface area contributed by atoms with Crippen LogP contribution >= 0.6 is 34.8 Å². The van der Waals surface area contributed by atoms with Crippen LogP contribution in [0.15, 0.2) is 24.4 Å². The maximum Gasteiger partial charge on any atom is 0.417 e. The zero-order valence-electron chi connectivity index (χ0n) is 9.60. The van der Waals surface area contributed by atoms with E-state index < -0.39 is 11.7 Å². The number of rotatable bonds is 1. The van der Waals surface area contributed by atoms with Gasteiger partial charge in [-0.3, -0.25) is 4.98 Å². The third-order valence-corrected chi connectivity index (χ3v) is 3.83. The van der Waals surface area contributed by atoms with E-state index in [1.54, 1.807) is 0 Å². The number of pyridine rings is 1. The fraction of sp³-hybridized carbons (Fsp3) is 0.0833. The summed E-state index contributed by atoms with van der Waals surface area (Å²) in [6.07, 6.45) is -3.83. The maximum atomic E-state index is 12.5. The van der Waals surface area contributed by atoms with Gasteiger partial charge in [-0.15, -0.1) is 0 Å². The van der Waals surface area contributed by atoms with Crippen molar-refractivity contribution in [3.63, 3.8) is 0 Å². The Morgan fingerprint density at radius 3 is 2.25 bits per heavy atom. The van der Waals surface area contributed by atoms with Crippen molar-refractivity contribution in [3.05, 3.63) is 45.0 Å². The van der Waals surface area contributed by atoms with Gasteiger partial charge < -0.3 is 5.73 Å². The molecule has 106 valence electrons. The first-order valence-corrected chi connectivity index (χ1v) is 6.31. The van der Waals surface area contributed by atoms with Gasteiger partial charge in [-0.25, -0.2) is 0 Å². The molecule has 0 aliphatic rings. The number of nitrogen functional groups attached to an aromatic ring is 1. The van der Waals surface area contributed by atoms with E-state index in [-0.39, 0.29) is 26.4 Å². The van der Waals surface area contributed by atoms with E-state index >= 15 is 0 Å². The Balaban J connectivity index is 2.58. The van der Waals surface area contributed by atoms with E-state index in [1.807, 2.05) is 0 Å². The molecule has 0 saturated carbocycles. The van der Waals surface area contributed by atoms with Gasteiger partial charge in [-0.1, -0.05) is 34.8 Å². The van der Waals surface area contributed by atoms with E-state index in [0.29, 0.717) is 11.8 Å². The average Bonchev–Trinajstić information content (AvgIpc) is 2.36. The quantitative estimate of drug-likeness (QED) is 0.714. The minimum atomic E-state index is -4.51. The van der Waals surface area contributed by atoms with Gasteiger partial charge in [-0.2, -0.15) is 13.2 Å². The van der Waals surface area contributed by atoms with Crippen molar-refractivity contribution < 1.29 is 13.2 Å². The zero-order chi connectivity index (χ0) is 15.1. The molecule has 20 heavy (non-hydrogen) atoms. The molecule has 8 heteroatoms. The molecule has 0 fully saturated rings. The topological polar surface area (TPSA) is 38.9 Å². The molecule has 1 aromatic carbocycles. The maximum absolute atomic E-state index is 12.5. The molecule has 0 aliphatic heterocycles. The second-order valence-electron chi connectivity index (χ2n) is 3.88. The first kappa shape index (κ1) is 15.2. The van der Waals surface area contributed by atoms with Crippen LogP contribution in [-0.2, 0) is 6.18 Å². The van der Waals surface area contributed by atoms with Gasteiger partial charge in [0.25, 0.3) is 0 Å². The van der Waals surface area contributed by atoms with Crippen LogP contribution < -0.4 is 5.73 Å². The fourth-order valence-electron chi connectivity index (χ4n) is 1.57. The first-order valence-electron chi connectivity index (χ1n) is 5.18. The van der Waals surface area contributed by atoms with Crippen molar-refractivity contribution in [3.8, 4) is 11.3 Å². The fourth-order valence-corrected chi connectivity index (χ4v) is 2.20. The number of aromatic nitrogens is 1. The molecule has 0 amide bonds. The molecule has 0 aliphatic carbocycles. The molecular weight excluding hydrogens is 335 g/mol. The van der Waals surface area contributed by atoms with Gasteiger partial charge in [0.2, 0.25) is 0 Å². The van der Waals surface area contributed by atoms with Crippen LogP contribution in [0.3, 0.4) is 0 Å². The zero-order valence-corrected chi connectivity index (χ0v) is 11.9. The standard InChI is InChI=1S/C12H6Cl3F3N2/c13-7-2-1-6(9(14)10(7)15)11-8(19)3-5(4-20-11)12(16,17)18/h1-4H,19H2. The summed E-state index contributed by atoms with van der Waals surface area (Å²) in [4.78, 5) is 3.72. The van der Waals surface area contributed by atoms with Crippen LogP contribution in [0.1, 0.15) is 5.56 Å². The molecule has 2 N–H and O–H groups in total. The van der Waals surface area contributed by atoms with E-state index in [0.717, 1.165) is 6.07 Å². The predicted molar refractivity (Wildman–Crippen MR) is 74.1 cm³/mol. The Bertz CT molecular complexity index is 672. The molecule has 0 atom stereocenters. The van der Waals surface area contributed by atoms with Gasteiger partial charge >= 0.3 is 6.18 Å². The van der Waals surface area contributed by atoms with Crippen LogP contribution in [0.4, 0.5) is 18.9 Å². The molecule has 0 radical (unpaired) electrons. The molecule has 2 aromatic rings. The van der Waals surface area contributed by atoms with Crippen LogP contribution in [0, 0.1) is 0 Å². The summed E-state index contributed by atoms with van der Waals surface area (Å²) in [5.41, 5.74) is 4.95. The minimum absolute atomic E-state index is 0.0816. The highest BCUT2D eigenvalue weighted by atomic mass is 35.5. The third-order valence-electron chi connectivity index (χ3n) is 2.53. The third kappa shape index (κ3) is 2.80. The molecule has 2 nitrogen and oxygen atoms in total. The van der Waals surface area contributed by atoms with E-state index in [1.165, 1.54) is 12.1 Å². The van der Waals surface area contributed by atoms with Crippen molar-refractivity contribution in [2.45, 2.75) is 6.18 Å². The summed E-state index contributed by atoms with van der Waals surface area (Å²) < 4.78 is 37.6. The van der Waals surface area contributed by atoms with Crippen LogP contribution in [0.25, 0.3) is 11.3 Å². The summed E-state index contributed by atoms with van der Waals surface area (Å²) in [5.74, 6) is 0. The monoisotopic (exact) mass is 340 g/mol. The van der Waals surface area contributed by atoms with Crippen molar-refractivity contribution >= 4 is 40.5 Å². The second kappa shape index (κ2) is 5.31. The van der Waals surface area contributed by atoms with Gasteiger partial charge in [-0.05, 0) is 18.2 Å².